The van der Waals surface area contributed by atoms with Gasteiger partial charge in [0.05, 0.1) is 11.3 Å². The van der Waals surface area contributed by atoms with Crippen molar-refractivity contribution in [2.45, 2.75) is 6.92 Å². The van der Waals surface area contributed by atoms with E-state index in [1.54, 1.807) is 36.4 Å². The van der Waals surface area contributed by atoms with E-state index >= 15 is 0 Å². The number of anilines is 2. The van der Waals surface area contributed by atoms with Gasteiger partial charge in [0.1, 0.15) is 17.7 Å². The lowest BCUT2D eigenvalue weighted by atomic mass is 10.1. The first-order valence-corrected chi connectivity index (χ1v) is 6.88. The van der Waals surface area contributed by atoms with Crippen LogP contribution in [-0.2, 0) is 0 Å². The fourth-order valence-corrected chi connectivity index (χ4v) is 1.88. The molecular weight excluding hydrogens is 288 g/mol. The van der Waals surface area contributed by atoms with Crippen LogP contribution in [0.3, 0.4) is 0 Å². The monoisotopic (exact) mass is 302 g/mol. The fourth-order valence-electron chi connectivity index (χ4n) is 1.88. The molecule has 2 N–H and O–H groups in total. The van der Waals surface area contributed by atoms with E-state index in [2.05, 4.69) is 10.6 Å². The molecule has 0 radical (unpaired) electrons. The predicted molar refractivity (Wildman–Crippen MR) is 88.5 cm³/mol. The highest BCUT2D eigenvalue weighted by Crippen LogP contribution is 2.18. The van der Waals surface area contributed by atoms with Gasteiger partial charge >= 0.3 is 0 Å². The highest BCUT2D eigenvalue weighted by Gasteiger charge is 2.10. The zero-order valence-electron chi connectivity index (χ0n) is 12.5. The van der Waals surface area contributed by atoms with Crippen molar-refractivity contribution < 1.29 is 4.79 Å². The van der Waals surface area contributed by atoms with Crippen molar-refractivity contribution in [3.05, 3.63) is 71.4 Å². The van der Waals surface area contributed by atoms with Crippen LogP contribution in [0.1, 0.15) is 15.9 Å². The molecule has 0 unspecified atom stereocenters. The summed E-state index contributed by atoms with van der Waals surface area (Å²) in [5, 5.41) is 23.1. The summed E-state index contributed by atoms with van der Waals surface area (Å²) in [5.41, 5.74) is 2.66. The summed E-state index contributed by atoms with van der Waals surface area (Å²) in [6.45, 7) is 1.97. The Bertz CT molecular complexity index is 807. The number of allylic oxidation sites excluding steroid dienone is 1. The van der Waals surface area contributed by atoms with Gasteiger partial charge in [-0.2, -0.15) is 10.5 Å². The molecule has 2 aromatic carbocycles. The van der Waals surface area contributed by atoms with Crippen LogP contribution in [0.5, 0.6) is 0 Å². The van der Waals surface area contributed by atoms with E-state index in [1.807, 2.05) is 31.2 Å². The Balaban J connectivity index is 2.21. The van der Waals surface area contributed by atoms with Gasteiger partial charge in [-0.15, -0.1) is 0 Å². The smallest absolute Gasteiger partial charge is 0.257 e. The Morgan fingerprint density at radius 1 is 1.04 bits per heavy atom. The molecule has 0 spiro atoms. The summed E-state index contributed by atoms with van der Waals surface area (Å²) in [7, 11) is 0. The highest BCUT2D eigenvalue weighted by molar-refractivity contribution is 6.08. The Labute approximate surface area is 134 Å². The van der Waals surface area contributed by atoms with Crippen molar-refractivity contribution in [3.8, 4) is 12.1 Å². The minimum atomic E-state index is -0.277. The molecule has 0 aliphatic heterocycles. The maximum absolute atomic E-state index is 12.4. The second-order valence-corrected chi connectivity index (χ2v) is 4.79. The van der Waals surface area contributed by atoms with Crippen LogP contribution in [0, 0.1) is 29.6 Å². The molecule has 0 atom stereocenters. The molecule has 5 heteroatoms. The third kappa shape index (κ3) is 4.20. The summed E-state index contributed by atoms with van der Waals surface area (Å²) in [4.78, 5) is 12.4. The Hall–Kier alpha value is -3.57. The van der Waals surface area contributed by atoms with Gasteiger partial charge in [-0.3, -0.25) is 4.79 Å². The van der Waals surface area contributed by atoms with Crippen molar-refractivity contribution in [3.63, 3.8) is 0 Å². The molecule has 112 valence electrons. The van der Waals surface area contributed by atoms with Crippen LogP contribution < -0.4 is 10.6 Å². The van der Waals surface area contributed by atoms with E-state index in [1.165, 1.54) is 6.20 Å². The zero-order valence-corrected chi connectivity index (χ0v) is 12.5. The number of carbonyl (C=O) groups excluding carboxylic acids is 1. The molecule has 5 nitrogen and oxygen atoms in total. The number of nitrogens with one attached hydrogen (secondary N) is 2. The maximum atomic E-state index is 12.4. The zero-order chi connectivity index (χ0) is 16.7. The van der Waals surface area contributed by atoms with Crippen molar-refractivity contribution >= 4 is 17.3 Å². The van der Waals surface area contributed by atoms with Gasteiger partial charge in [0, 0.05) is 11.9 Å². The van der Waals surface area contributed by atoms with Crippen LogP contribution in [-0.4, -0.2) is 5.91 Å². The van der Waals surface area contributed by atoms with Gasteiger partial charge < -0.3 is 10.6 Å². The molecule has 0 aliphatic carbocycles. The van der Waals surface area contributed by atoms with E-state index in [0.29, 0.717) is 16.9 Å². The molecule has 0 saturated heterocycles. The minimum Gasteiger partial charge on any atom is -0.359 e. The Morgan fingerprint density at radius 3 is 2.35 bits per heavy atom. The van der Waals surface area contributed by atoms with E-state index in [4.69, 9.17) is 10.5 Å². The first-order valence-electron chi connectivity index (χ1n) is 6.88. The lowest BCUT2D eigenvalue weighted by Crippen LogP contribution is -2.13. The summed E-state index contributed by atoms with van der Waals surface area (Å²) in [5.74, 6) is -0.277. The number of aryl methyl sites for hydroxylation is 1. The van der Waals surface area contributed by atoms with Crippen LogP contribution >= 0.6 is 0 Å². The largest absolute Gasteiger partial charge is 0.359 e. The SMILES string of the molecule is Cc1ccc(NC(=O)c2ccccc2NC=C(C#N)C#N)cc1. The summed E-state index contributed by atoms with van der Waals surface area (Å²) in [6, 6.07) is 17.9. The first kappa shape index (κ1) is 15.8. The molecule has 2 aromatic rings. The molecule has 0 saturated carbocycles. The Kier molecular flexibility index (Phi) is 5.12. The van der Waals surface area contributed by atoms with Crippen LogP contribution in [0.2, 0.25) is 0 Å². The van der Waals surface area contributed by atoms with Gasteiger partial charge in [0.25, 0.3) is 5.91 Å². The molecule has 0 aliphatic rings. The number of para-hydroxylation sites is 1. The molecule has 23 heavy (non-hydrogen) atoms. The molecule has 0 fully saturated rings. The molecule has 1 amide bonds. The second-order valence-electron chi connectivity index (χ2n) is 4.79. The van der Waals surface area contributed by atoms with Crippen molar-refractivity contribution in [2.24, 2.45) is 0 Å². The van der Waals surface area contributed by atoms with E-state index in [0.717, 1.165) is 5.56 Å². The lowest BCUT2D eigenvalue weighted by molar-refractivity contribution is 0.102. The molecular formula is C18H14N4O. The molecule has 0 heterocycles. The van der Waals surface area contributed by atoms with Gasteiger partial charge in [0.2, 0.25) is 0 Å². The van der Waals surface area contributed by atoms with Gasteiger partial charge in [0.15, 0.2) is 0 Å². The average molecular weight is 302 g/mol. The highest BCUT2D eigenvalue weighted by atomic mass is 16.1. The second kappa shape index (κ2) is 7.44. The average Bonchev–Trinajstić information content (AvgIpc) is 2.58. The number of nitrogens with zero attached hydrogens (tertiary/aromatic N) is 2. The first-order chi connectivity index (χ1) is 11.1. The summed E-state index contributed by atoms with van der Waals surface area (Å²) >= 11 is 0. The van der Waals surface area contributed by atoms with Crippen LogP contribution in [0.15, 0.2) is 60.3 Å². The van der Waals surface area contributed by atoms with Crippen LogP contribution in [0.25, 0.3) is 0 Å². The molecule has 0 aromatic heterocycles. The van der Waals surface area contributed by atoms with E-state index in [9.17, 15) is 4.79 Å². The van der Waals surface area contributed by atoms with Crippen LogP contribution in [0.4, 0.5) is 11.4 Å². The Morgan fingerprint density at radius 2 is 1.70 bits per heavy atom. The number of rotatable bonds is 4. The standard InChI is InChI=1S/C18H14N4O/c1-13-6-8-15(9-7-13)22-18(23)16-4-2-3-5-17(16)21-12-14(10-19)11-20/h2-9,12,21H,1H3,(H,22,23). The summed E-state index contributed by atoms with van der Waals surface area (Å²) in [6.07, 6.45) is 1.28. The van der Waals surface area contributed by atoms with Gasteiger partial charge in [-0.05, 0) is 31.2 Å². The van der Waals surface area contributed by atoms with Crippen molar-refractivity contribution in [1.29, 1.82) is 10.5 Å². The maximum Gasteiger partial charge on any atom is 0.257 e. The van der Waals surface area contributed by atoms with E-state index < -0.39 is 0 Å². The van der Waals surface area contributed by atoms with E-state index in [-0.39, 0.29) is 11.5 Å². The molecule has 0 bridgehead atoms. The predicted octanol–water partition coefficient (Wildman–Crippen LogP) is 3.59. The van der Waals surface area contributed by atoms with Gasteiger partial charge in [-0.25, -0.2) is 0 Å². The quantitative estimate of drug-likeness (QED) is 0.845. The van der Waals surface area contributed by atoms with Crippen molar-refractivity contribution in [1.82, 2.24) is 0 Å². The number of carbonyl (C=O) groups is 1. The van der Waals surface area contributed by atoms with Gasteiger partial charge in [-0.1, -0.05) is 29.8 Å². The number of benzene rings is 2. The fraction of sp³-hybridized carbons (Fsp3) is 0.0556. The normalized spacial score (nSPS) is 9.17. The topological polar surface area (TPSA) is 88.7 Å². The number of nitriles is 2. The number of hydrogen-bond acceptors (Lipinski definition) is 4. The number of hydrogen-bond donors (Lipinski definition) is 2. The third-order valence-corrected chi connectivity index (χ3v) is 3.09. The van der Waals surface area contributed by atoms with Crippen molar-refractivity contribution in [2.75, 3.05) is 10.6 Å². The third-order valence-electron chi connectivity index (χ3n) is 3.09. The minimum absolute atomic E-state index is 0.0706. The molecule has 2 rings (SSSR count). The number of amides is 1. The lowest BCUT2D eigenvalue weighted by Gasteiger charge is -2.10. The summed E-state index contributed by atoms with van der Waals surface area (Å²) < 4.78 is 0.